The number of rotatable bonds is 3. The molecule has 126 valence electrons. The van der Waals surface area contributed by atoms with Crippen molar-refractivity contribution < 1.29 is 4.39 Å². The lowest BCUT2D eigenvalue weighted by Gasteiger charge is -2.37. The molecule has 2 heterocycles. The first-order chi connectivity index (χ1) is 11.8. The Bertz CT molecular complexity index is 681. The molecule has 0 spiro atoms. The molecule has 1 aromatic carbocycles. The van der Waals surface area contributed by atoms with Crippen LogP contribution in [-0.2, 0) is 6.54 Å². The van der Waals surface area contributed by atoms with E-state index in [0.717, 1.165) is 43.5 Å². The van der Waals surface area contributed by atoms with Gasteiger partial charge in [-0.2, -0.15) is 0 Å². The lowest BCUT2D eigenvalue weighted by Crippen LogP contribution is -2.52. The van der Waals surface area contributed by atoms with Gasteiger partial charge in [0.15, 0.2) is 5.96 Å². The standard InChI is InChI=1S/C18H22FN5/c1-20-18(22-14-15-5-4-6-16(19)13-15)24-11-9-23(10-12-24)17-7-2-3-8-21-17/h2-8,13H,9-12,14H2,1H3,(H,20,22). The van der Waals surface area contributed by atoms with Crippen LogP contribution in [0.5, 0.6) is 0 Å². The average molecular weight is 327 g/mol. The molecule has 6 heteroatoms. The molecule has 1 aliphatic rings. The first kappa shape index (κ1) is 16.2. The third-order valence-electron chi connectivity index (χ3n) is 4.10. The molecule has 2 aromatic rings. The van der Waals surface area contributed by atoms with Gasteiger partial charge in [0.25, 0.3) is 0 Å². The highest BCUT2D eigenvalue weighted by Gasteiger charge is 2.20. The first-order valence-corrected chi connectivity index (χ1v) is 8.12. The van der Waals surface area contributed by atoms with Crippen LogP contribution in [0.15, 0.2) is 53.7 Å². The van der Waals surface area contributed by atoms with Crippen LogP contribution in [0.2, 0.25) is 0 Å². The molecule has 0 atom stereocenters. The van der Waals surface area contributed by atoms with E-state index >= 15 is 0 Å². The van der Waals surface area contributed by atoms with E-state index in [1.165, 1.54) is 6.07 Å². The fourth-order valence-corrected chi connectivity index (χ4v) is 2.85. The lowest BCUT2D eigenvalue weighted by atomic mass is 10.2. The van der Waals surface area contributed by atoms with E-state index < -0.39 is 0 Å². The zero-order valence-electron chi connectivity index (χ0n) is 13.8. The van der Waals surface area contributed by atoms with Crippen molar-refractivity contribution in [2.45, 2.75) is 6.54 Å². The average Bonchev–Trinajstić information content (AvgIpc) is 2.64. The van der Waals surface area contributed by atoms with Gasteiger partial charge in [-0.25, -0.2) is 9.37 Å². The molecule has 0 amide bonds. The Balaban J connectivity index is 1.54. The second-order valence-corrected chi connectivity index (χ2v) is 5.69. The molecule has 1 fully saturated rings. The van der Waals surface area contributed by atoms with Crippen LogP contribution >= 0.6 is 0 Å². The maximum absolute atomic E-state index is 13.3. The number of aliphatic imine (C=N–C) groups is 1. The minimum Gasteiger partial charge on any atom is -0.353 e. The van der Waals surface area contributed by atoms with Gasteiger partial charge < -0.3 is 15.1 Å². The number of anilines is 1. The summed E-state index contributed by atoms with van der Waals surface area (Å²) in [7, 11) is 1.78. The summed E-state index contributed by atoms with van der Waals surface area (Å²) in [6.45, 7) is 4.11. The number of benzene rings is 1. The summed E-state index contributed by atoms with van der Waals surface area (Å²) in [5, 5.41) is 3.31. The fourth-order valence-electron chi connectivity index (χ4n) is 2.85. The topological polar surface area (TPSA) is 43.8 Å². The van der Waals surface area contributed by atoms with Crippen molar-refractivity contribution in [2.24, 2.45) is 4.99 Å². The molecule has 0 unspecified atom stereocenters. The summed E-state index contributed by atoms with van der Waals surface area (Å²) in [6.07, 6.45) is 1.82. The van der Waals surface area contributed by atoms with Crippen molar-refractivity contribution in [1.29, 1.82) is 0 Å². The van der Waals surface area contributed by atoms with E-state index in [-0.39, 0.29) is 5.82 Å². The third kappa shape index (κ3) is 4.01. The number of hydrogen-bond acceptors (Lipinski definition) is 3. The molecule has 1 aromatic heterocycles. The number of nitrogens with zero attached hydrogens (tertiary/aromatic N) is 4. The summed E-state index contributed by atoms with van der Waals surface area (Å²) in [6, 6.07) is 12.6. The Hall–Kier alpha value is -2.63. The predicted octanol–water partition coefficient (Wildman–Crippen LogP) is 2.12. The van der Waals surface area contributed by atoms with Crippen molar-refractivity contribution in [3.8, 4) is 0 Å². The van der Waals surface area contributed by atoms with Crippen LogP contribution in [-0.4, -0.2) is 49.1 Å². The maximum atomic E-state index is 13.3. The van der Waals surface area contributed by atoms with Crippen molar-refractivity contribution in [3.05, 3.63) is 60.0 Å². The molecule has 0 saturated carbocycles. The van der Waals surface area contributed by atoms with Gasteiger partial charge in [-0.15, -0.1) is 0 Å². The quantitative estimate of drug-likeness (QED) is 0.693. The second-order valence-electron chi connectivity index (χ2n) is 5.69. The van der Waals surface area contributed by atoms with Gasteiger partial charge >= 0.3 is 0 Å². The number of aromatic nitrogens is 1. The minimum absolute atomic E-state index is 0.215. The summed E-state index contributed by atoms with van der Waals surface area (Å²) < 4.78 is 13.3. The van der Waals surface area contributed by atoms with E-state index in [4.69, 9.17) is 0 Å². The Labute approximate surface area is 141 Å². The number of nitrogens with one attached hydrogen (secondary N) is 1. The molecule has 3 rings (SSSR count). The van der Waals surface area contributed by atoms with Gasteiger partial charge in [0.05, 0.1) is 0 Å². The van der Waals surface area contributed by atoms with Gasteiger partial charge in [-0.1, -0.05) is 18.2 Å². The number of hydrogen-bond donors (Lipinski definition) is 1. The Morgan fingerprint density at radius 3 is 2.67 bits per heavy atom. The van der Waals surface area contributed by atoms with Gasteiger partial charge in [0.2, 0.25) is 0 Å². The molecule has 1 aliphatic heterocycles. The molecule has 0 aliphatic carbocycles. The molecule has 0 bridgehead atoms. The molecule has 5 nitrogen and oxygen atoms in total. The number of halogens is 1. The molecule has 1 saturated heterocycles. The molecule has 0 radical (unpaired) electrons. The predicted molar refractivity (Wildman–Crippen MR) is 94.6 cm³/mol. The van der Waals surface area contributed by atoms with Crippen molar-refractivity contribution >= 4 is 11.8 Å². The van der Waals surface area contributed by atoms with Gasteiger partial charge in [-0.05, 0) is 29.8 Å². The summed E-state index contributed by atoms with van der Waals surface area (Å²) in [5.74, 6) is 1.65. The van der Waals surface area contributed by atoms with E-state index in [1.807, 2.05) is 30.5 Å². The fraction of sp³-hybridized carbons (Fsp3) is 0.333. The van der Waals surface area contributed by atoms with Crippen molar-refractivity contribution in [2.75, 3.05) is 38.1 Å². The smallest absolute Gasteiger partial charge is 0.194 e. The zero-order chi connectivity index (χ0) is 16.8. The van der Waals surface area contributed by atoms with Gasteiger partial charge in [0, 0.05) is 46.0 Å². The second kappa shape index (κ2) is 7.77. The van der Waals surface area contributed by atoms with Crippen molar-refractivity contribution in [1.82, 2.24) is 15.2 Å². The van der Waals surface area contributed by atoms with Crippen LogP contribution in [0, 0.1) is 5.82 Å². The Kier molecular flexibility index (Phi) is 5.25. The first-order valence-electron chi connectivity index (χ1n) is 8.12. The number of pyridine rings is 1. The number of guanidine groups is 1. The van der Waals surface area contributed by atoms with Crippen LogP contribution in [0.3, 0.4) is 0 Å². The highest BCUT2D eigenvalue weighted by molar-refractivity contribution is 5.80. The maximum Gasteiger partial charge on any atom is 0.194 e. The SMILES string of the molecule is CN=C(NCc1cccc(F)c1)N1CCN(c2ccccn2)CC1. The minimum atomic E-state index is -0.215. The summed E-state index contributed by atoms with van der Waals surface area (Å²) in [4.78, 5) is 13.2. The molecule has 24 heavy (non-hydrogen) atoms. The largest absolute Gasteiger partial charge is 0.353 e. The summed E-state index contributed by atoms with van der Waals surface area (Å²) >= 11 is 0. The highest BCUT2D eigenvalue weighted by Crippen LogP contribution is 2.12. The number of piperazine rings is 1. The molecular weight excluding hydrogens is 305 g/mol. The Morgan fingerprint density at radius 1 is 1.17 bits per heavy atom. The zero-order valence-corrected chi connectivity index (χ0v) is 13.8. The highest BCUT2D eigenvalue weighted by atomic mass is 19.1. The van der Waals surface area contributed by atoms with E-state index in [9.17, 15) is 4.39 Å². The lowest BCUT2D eigenvalue weighted by molar-refractivity contribution is 0.371. The molecular formula is C18H22FN5. The van der Waals surface area contributed by atoms with Crippen LogP contribution in [0.25, 0.3) is 0 Å². The van der Waals surface area contributed by atoms with Crippen LogP contribution in [0.4, 0.5) is 10.2 Å². The normalized spacial score (nSPS) is 15.5. The third-order valence-corrected chi connectivity index (χ3v) is 4.10. The van der Waals surface area contributed by atoms with E-state index in [1.54, 1.807) is 19.2 Å². The van der Waals surface area contributed by atoms with Gasteiger partial charge in [-0.3, -0.25) is 4.99 Å². The summed E-state index contributed by atoms with van der Waals surface area (Å²) in [5.41, 5.74) is 0.906. The molecule has 1 N–H and O–H groups in total. The van der Waals surface area contributed by atoms with Crippen LogP contribution < -0.4 is 10.2 Å². The van der Waals surface area contributed by atoms with Crippen molar-refractivity contribution in [3.63, 3.8) is 0 Å². The van der Waals surface area contributed by atoms with E-state index in [0.29, 0.717) is 6.54 Å². The van der Waals surface area contributed by atoms with E-state index in [2.05, 4.69) is 25.1 Å². The van der Waals surface area contributed by atoms with Gasteiger partial charge in [0.1, 0.15) is 11.6 Å². The van der Waals surface area contributed by atoms with Crippen LogP contribution in [0.1, 0.15) is 5.56 Å². The Morgan fingerprint density at radius 2 is 2.00 bits per heavy atom. The monoisotopic (exact) mass is 327 g/mol.